The molecule has 0 atom stereocenters. The van der Waals surface area contributed by atoms with Crippen LogP contribution in [0.4, 0.5) is 0 Å². The van der Waals surface area contributed by atoms with E-state index in [1.807, 2.05) is 31.2 Å². The molecular formula is C9H12N2. The summed E-state index contributed by atoms with van der Waals surface area (Å²) >= 11 is 0. The summed E-state index contributed by atoms with van der Waals surface area (Å²) in [5.74, 6) is 0. The molecule has 2 nitrogen and oxygen atoms in total. The van der Waals surface area contributed by atoms with Crippen molar-refractivity contribution in [3.8, 4) is 0 Å². The Morgan fingerprint density at radius 1 is 1.73 bits per heavy atom. The lowest BCUT2D eigenvalue weighted by molar-refractivity contribution is 1.10. The predicted molar refractivity (Wildman–Crippen MR) is 48.3 cm³/mol. The second kappa shape index (κ2) is 3.76. The highest BCUT2D eigenvalue weighted by Crippen LogP contribution is 2.10. The SMILES string of the molecule is C/C=C\C(N)=C1/CC=CC=N1. The lowest BCUT2D eigenvalue weighted by Gasteiger charge is -2.03. The molecule has 0 radical (unpaired) electrons. The normalized spacial score (nSPS) is 21.2. The molecule has 0 saturated carbocycles. The van der Waals surface area contributed by atoms with E-state index in [0.717, 1.165) is 17.8 Å². The smallest absolute Gasteiger partial charge is 0.0670 e. The summed E-state index contributed by atoms with van der Waals surface area (Å²) in [7, 11) is 0. The zero-order valence-corrected chi connectivity index (χ0v) is 6.62. The maximum absolute atomic E-state index is 5.70. The van der Waals surface area contributed by atoms with E-state index < -0.39 is 0 Å². The fourth-order valence-electron chi connectivity index (χ4n) is 0.894. The second-order valence-electron chi connectivity index (χ2n) is 2.31. The quantitative estimate of drug-likeness (QED) is 0.604. The van der Waals surface area contributed by atoms with E-state index in [1.165, 1.54) is 0 Å². The van der Waals surface area contributed by atoms with Crippen LogP contribution in [0, 0.1) is 0 Å². The van der Waals surface area contributed by atoms with Crippen LogP contribution in [0.25, 0.3) is 0 Å². The summed E-state index contributed by atoms with van der Waals surface area (Å²) in [6.07, 6.45) is 10.3. The summed E-state index contributed by atoms with van der Waals surface area (Å²) < 4.78 is 0. The van der Waals surface area contributed by atoms with Gasteiger partial charge in [-0.15, -0.1) is 0 Å². The lowest BCUT2D eigenvalue weighted by atomic mass is 10.2. The number of nitrogens with two attached hydrogens (primary N) is 1. The van der Waals surface area contributed by atoms with Gasteiger partial charge < -0.3 is 5.73 Å². The minimum atomic E-state index is 0.758. The molecule has 1 aliphatic heterocycles. The number of hydrogen-bond donors (Lipinski definition) is 1. The average Bonchev–Trinajstić information content (AvgIpc) is 2.07. The first-order valence-corrected chi connectivity index (χ1v) is 3.65. The van der Waals surface area contributed by atoms with E-state index in [-0.39, 0.29) is 0 Å². The minimum Gasteiger partial charge on any atom is -0.397 e. The van der Waals surface area contributed by atoms with Gasteiger partial charge in [-0.25, -0.2) is 0 Å². The van der Waals surface area contributed by atoms with Gasteiger partial charge in [0.15, 0.2) is 0 Å². The van der Waals surface area contributed by atoms with Gasteiger partial charge >= 0.3 is 0 Å². The molecule has 0 saturated heterocycles. The van der Waals surface area contributed by atoms with Crippen molar-refractivity contribution >= 4 is 6.21 Å². The fraction of sp³-hybridized carbons (Fsp3) is 0.222. The Labute approximate surface area is 66.8 Å². The molecule has 0 amide bonds. The molecule has 2 heteroatoms. The van der Waals surface area contributed by atoms with Gasteiger partial charge in [0.2, 0.25) is 0 Å². The molecule has 1 aliphatic rings. The fourth-order valence-corrected chi connectivity index (χ4v) is 0.894. The number of nitrogens with zero attached hydrogens (tertiary/aromatic N) is 1. The third kappa shape index (κ3) is 2.08. The van der Waals surface area contributed by atoms with Crippen LogP contribution in [-0.2, 0) is 0 Å². The van der Waals surface area contributed by atoms with Crippen molar-refractivity contribution in [2.24, 2.45) is 10.7 Å². The zero-order valence-electron chi connectivity index (χ0n) is 6.62. The maximum atomic E-state index is 5.70. The van der Waals surface area contributed by atoms with Crippen molar-refractivity contribution in [3.05, 3.63) is 35.7 Å². The van der Waals surface area contributed by atoms with Crippen molar-refractivity contribution in [3.63, 3.8) is 0 Å². The van der Waals surface area contributed by atoms with Crippen LogP contribution >= 0.6 is 0 Å². The molecule has 0 aromatic rings. The largest absolute Gasteiger partial charge is 0.397 e. The Balaban J connectivity index is 2.79. The molecule has 1 rings (SSSR count). The van der Waals surface area contributed by atoms with Crippen molar-refractivity contribution in [1.82, 2.24) is 0 Å². The highest BCUT2D eigenvalue weighted by molar-refractivity contribution is 5.73. The minimum absolute atomic E-state index is 0.758. The van der Waals surface area contributed by atoms with E-state index >= 15 is 0 Å². The van der Waals surface area contributed by atoms with Crippen LogP contribution in [-0.4, -0.2) is 6.21 Å². The first kappa shape index (κ1) is 7.79. The van der Waals surface area contributed by atoms with Gasteiger partial charge in [-0.1, -0.05) is 12.2 Å². The topological polar surface area (TPSA) is 38.4 Å². The molecule has 58 valence electrons. The summed E-state index contributed by atoms with van der Waals surface area (Å²) in [6.45, 7) is 1.94. The average molecular weight is 148 g/mol. The highest BCUT2D eigenvalue weighted by atomic mass is 14.8. The summed E-state index contributed by atoms with van der Waals surface area (Å²) in [5.41, 5.74) is 7.41. The van der Waals surface area contributed by atoms with Crippen LogP contribution in [0.2, 0.25) is 0 Å². The van der Waals surface area contributed by atoms with E-state index in [9.17, 15) is 0 Å². The van der Waals surface area contributed by atoms with Gasteiger partial charge in [-0.3, -0.25) is 4.99 Å². The van der Waals surface area contributed by atoms with Crippen LogP contribution in [0.5, 0.6) is 0 Å². The van der Waals surface area contributed by atoms with Crippen molar-refractivity contribution < 1.29 is 0 Å². The summed E-state index contributed by atoms with van der Waals surface area (Å²) in [5, 5.41) is 0. The molecule has 0 bridgehead atoms. The summed E-state index contributed by atoms with van der Waals surface area (Å²) in [6, 6.07) is 0. The highest BCUT2D eigenvalue weighted by Gasteiger charge is 1.97. The van der Waals surface area contributed by atoms with Crippen molar-refractivity contribution in [1.29, 1.82) is 0 Å². The second-order valence-corrected chi connectivity index (χ2v) is 2.31. The van der Waals surface area contributed by atoms with Crippen LogP contribution < -0.4 is 5.73 Å². The molecule has 2 N–H and O–H groups in total. The van der Waals surface area contributed by atoms with Crippen LogP contribution in [0.1, 0.15) is 13.3 Å². The third-order valence-electron chi connectivity index (χ3n) is 1.44. The standard InChI is InChI=1S/C9H12N2/c1-2-5-8(10)9-6-3-4-7-11-9/h2-5,7H,6,10H2,1H3/b5-2-,9-8-. The molecule has 0 aromatic carbocycles. The maximum Gasteiger partial charge on any atom is 0.0670 e. The first-order valence-electron chi connectivity index (χ1n) is 3.65. The summed E-state index contributed by atoms with van der Waals surface area (Å²) in [4.78, 5) is 4.14. The Bertz CT molecular complexity index is 244. The van der Waals surface area contributed by atoms with E-state index in [1.54, 1.807) is 6.21 Å². The number of allylic oxidation sites excluding steroid dienone is 4. The molecule has 11 heavy (non-hydrogen) atoms. The molecule has 0 spiro atoms. The molecular weight excluding hydrogens is 136 g/mol. The van der Waals surface area contributed by atoms with Gasteiger partial charge in [0.1, 0.15) is 0 Å². The number of dihydropyridines is 1. The number of hydrogen-bond acceptors (Lipinski definition) is 2. The Hall–Kier alpha value is -1.31. The lowest BCUT2D eigenvalue weighted by Crippen LogP contribution is -1.99. The van der Waals surface area contributed by atoms with Gasteiger partial charge in [-0.2, -0.15) is 0 Å². The van der Waals surface area contributed by atoms with E-state index in [0.29, 0.717) is 0 Å². The number of rotatable bonds is 1. The van der Waals surface area contributed by atoms with Gasteiger partial charge in [-0.05, 0) is 19.1 Å². The number of aliphatic imine (C=N–C) groups is 1. The van der Waals surface area contributed by atoms with Crippen LogP contribution in [0.3, 0.4) is 0 Å². The Kier molecular flexibility index (Phi) is 2.66. The van der Waals surface area contributed by atoms with Crippen molar-refractivity contribution in [2.75, 3.05) is 0 Å². The van der Waals surface area contributed by atoms with E-state index in [4.69, 9.17) is 5.73 Å². The first-order chi connectivity index (χ1) is 5.34. The van der Waals surface area contributed by atoms with Gasteiger partial charge in [0.05, 0.1) is 11.4 Å². The Morgan fingerprint density at radius 3 is 3.09 bits per heavy atom. The third-order valence-corrected chi connectivity index (χ3v) is 1.44. The molecule has 0 aromatic heterocycles. The van der Waals surface area contributed by atoms with E-state index in [2.05, 4.69) is 4.99 Å². The molecule has 0 fully saturated rings. The predicted octanol–water partition coefficient (Wildman–Crippen LogP) is 1.76. The Morgan fingerprint density at radius 2 is 2.55 bits per heavy atom. The van der Waals surface area contributed by atoms with Gasteiger partial charge in [0, 0.05) is 12.6 Å². The zero-order chi connectivity index (χ0) is 8.10. The van der Waals surface area contributed by atoms with Crippen molar-refractivity contribution in [2.45, 2.75) is 13.3 Å². The van der Waals surface area contributed by atoms with Crippen LogP contribution in [0.15, 0.2) is 40.7 Å². The molecule has 1 heterocycles. The molecule has 0 unspecified atom stereocenters. The van der Waals surface area contributed by atoms with Gasteiger partial charge in [0.25, 0.3) is 0 Å². The molecule has 0 aliphatic carbocycles. The monoisotopic (exact) mass is 148 g/mol.